The maximum absolute atomic E-state index is 11.0. The van der Waals surface area contributed by atoms with Crippen LogP contribution in [0.25, 0.3) is 0 Å². The molecule has 1 aromatic rings. The molecule has 1 aromatic carbocycles. The van der Waals surface area contributed by atoms with Crippen molar-refractivity contribution in [2.75, 3.05) is 12.5 Å². The van der Waals surface area contributed by atoms with Crippen LogP contribution in [-0.2, 0) is 9.53 Å². The van der Waals surface area contributed by atoms with Crippen molar-refractivity contribution in [1.29, 1.82) is 0 Å². The van der Waals surface area contributed by atoms with Gasteiger partial charge in [0.05, 0.1) is 6.61 Å². The van der Waals surface area contributed by atoms with Crippen molar-refractivity contribution in [1.82, 2.24) is 0 Å². The molecule has 0 spiro atoms. The lowest BCUT2D eigenvalue weighted by molar-refractivity contribution is -0.150. The van der Waals surface area contributed by atoms with Gasteiger partial charge in [-0.2, -0.15) is 0 Å². The van der Waals surface area contributed by atoms with Crippen LogP contribution in [0.4, 0.5) is 0 Å². The van der Waals surface area contributed by atoms with Crippen molar-refractivity contribution in [2.24, 2.45) is 0 Å². The van der Waals surface area contributed by atoms with Crippen LogP contribution in [0.2, 0.25) is 0 Å². The number of ether oxygens (including phenoxy) is 1. The minimum absolute atomic E-state index is 0.229. The van der Waals surface area contributed by atoms with E-state index in [-0.39, 0.29) is 12.5 Å². The highest BCUT2D eigenvalue weighted by atomic mass is 35.5. The predicted molar refractivity (Wildman–Crippen MR) is 58.2 cm³/mol. The number of aliphatic carboxylic acids is 1. The van der Waals surface area contributed by atoms with Crippen molar-refractivity contribution >= 4 is 17.6 Å². The first-order valence-electron chi connectivity index (χ1n) is 4.62. The lowest BCUT2D eigenvalue weighted by Crippen LogP contribution is -2.17. The van der Waals surface area contributed by atoms with Gasteiger partial charge in [-0.1, -0.05) is 24.3 Å². The standard InChI is InChI=1S/C11H13ClO3/c1-8-4-2-3-5-9(8)10(11(13)14)15-7-6-12/h2-5,10H,6-7H2,1H3,(H,13,14). The molecule has 0 aliphatic heterocycles. The van der Waals surface area contributed by atoms with Crippen LogP contribution < -0.4 is 0 Å². The first-order chi connectivity index (χ1) is 7.16. The van der Waals surface area contributed by atoms with E-state index >= 15 is 0 Å². The highest BCUT2D eigenvalue weighted by Crippen LogP contribution is 2.21. The molecule has 0 radical (unpaired) electrons. The van der Waals surface area contributed by atoms with Gasteiger partial charge in [0, 0.05) is 5.88 Å². The number of carboxylic acid groups (broad SMARTS) is 1. The molecule has 1 rings (SSSR count). The summed E-state index contributed by atoms with van der Waals surface area (Å²) >= 11 is 5.46. The minimum Gasteiger partial charge on any atom is -0.479 e. The minimum atomic E-state index is -0.991. The van der Waals surface area contributed by atoms with Crippen molar-refractivity contribution in [2.45, 2.75) is 13.0 Å². The van der Waals surface area contributed by atoms with E-state index in [1.165, 1.54) is 0 Å². The van der Waals surface area contributed by atoms with Gasteiger partial charge < -0.3 is 9.84 Å². The van der Waals surface area contributed by atoms with Gasteiger partial charge in [-0.15, -0.1) is 11.6 Å². The molecule has 82 valence electrons. The van der Waals surface area contributed by atoms with E-state index in [0.717, 1.165) is 5.56 Å². The zero-order valence-corrected chi connectivity index (χ0v) is 9.20. The molecule has 0 bridgehead atoms. The molecule has 0 aliphatic rings. The summed E-state index contributed by atoms with van der Waals surface area (Å²) in [6.45, 7) is 2.09. The second-order valence-corrected chi connectivity index (χ2v) is 3.51. The van der Waals surface area contributed by atoms with Gasteiger partial charge in [-0.05, 0) is 18.1 Å². The number of rotatable bonds is 5. The monoisotopic (exact) mass is 228 g/mol. The van der Waals surface area contributed by atoms with Crippen molar-refractivity contribution in [3.05, 3.63) is 35.4 Å². The van der Waals surface area contributed by atoms with Crippen molar-refractivity contribution in [3.63, 3.8) is 0 Å². The Balaban J connectivity index is 2.89. The van der Waals surface area contributed by atoms with Crippen molar-refractivity contribution in [3.8, 4) is 0 Å². The summed E-state index contributed by atoms with van der Waals surface area (Å²) in [5.74, 6) is -0.704. The lowest BCUT2D eigenvalue weighted by atomic mass is 10.0. The largest absolute Gasteiger partial charge is 0.479 e. The molecule has 0 saturated carbocycles. The van der Waals surface area contributed by atoms with Crippen LogP contribution in [0.5, 0.6) is 0 Å². The van der Waals surface area contributed by atoms with E-state index in [1.807, 2.05) is 19.1 Å². The third-order valence-corrected chi connectivity index (χ3v) is 2.21. The molecule has 0 fully saturated rings. The molecule has 0 aliphatic carbocycles. The third kappa shape index (κ3) is 3.22. The van der Waals surface area contributed by atoms with Crippen LogP contribution in [-0.4, -0.2) is 23.6 Å². The average molecular weight is 229 g/mol. The molecule has 1 unspecified atom stereocenters. The molecule has 0 heterocycles. The smallest absolute Gasteiger partial charge is 0.337 e. The summed E-state index contributed by atoms with van der Waals surface area (Å²) in [6.07, 6.45) is -0.926. The summed E-state index contributed by atoms with van der Waals surface area (Å²) in [5, 5.41) is 9.01. The van der Waals surface area contributed by atoms with Gasteiger partial charge in [0.2, 0.25) is 0 Å². The maximum atomic E-state index is 11.0. The van der Waals surface area contributed by atoms with E-state index in [4.69, 9.17) is 21.4 Å². The Morgan fingerprint density at radius 2 is 2.20 bits per heavy atom. The van der Waals surface area contributed by atoms with Crippen LogP contribution >= 0.6 is 11.6 Å². The lowest BCUT2D eigenvalue weighted by Gasteiger charge is -2.15. The van der Waals surface area contributed by atoms with E-state index < -0.39 is 12.1 Å². The summed E-state index contributed by atoms with van der Waals surface area (Å²) in [4.78, 5) is 11.0. The van der Waals surface area contributed by atoms with Crippen LogP contribution in [0.3, 0.4) is 0 Å². The van der Waals surface area contributed by atoms with Crippen molar-refractivity contribution < 1.29 is 14.6 Å². The van der Waals surface area contributed by atoms with E-state index in [1.54, 1.807) is 12.1 Å². The summed E-state index contributed by atoms with van der Waals surface area (Å²) in [5.41, 5.74) is 1.58. The zero-order chi connectivity index (χ0) is 11.3. The Labute approximate surface area is 93.6 Å². The van der Waals surface area contributed by atoms with Gasteiger partial charge in [0.25, 0.3) is 0 Å². The molecule has 4 heteroatoms. The number of aryl methyl sites for hydroxylation is 1. The third-order valence-electron chi connectivity index (χ3n) is 2.06. The molecule has 3 nitrogen and oxygen atoms in total. The number of hydrogen-bond acceptors (Lipinski definition) is 2. The Bertz CT molecular complexity index is 338. The Kier molecular flexibility index (Phi) is 4.59. The van der Waals surface area contributed by atoms with Gasteiger partial charge in [-0.3, -0.25) is 0 Å². The Hall–Kier alpha value is -1.06. The second-order valence-electron chi connectivity index (χ2n) is 3.13. The first-order valence-corrected chi connectivity index (χ1v) is 5.16. The average Bonchev–Trinajstić information content (AvgIpc) is 2.20. The summed E-state index contributed by atoms with van der Waals surface area (Å²) in [7, 11) is 0. The maximum Gasteiger partial charge on any atom is 0.337 e. The number of halogens is 1. The first kappa shape index (κ1) is 12.0. The van der Waals surface area contributed by atoms with E-state index in [9.17, 15) is 4.79 Å². The second kappa shape index (κ2) is 5.73. The molecule has 1 atom stereocenters. The fraction of sp³-hybridized carbons (Fsp3) is 0.364. The molecular weight excluding hydrogens is 216 g/mol. The summed E-state index contributed by atoms with van der Waals surface area (Å²) in [6, 6.07) is 7.26. The molecule has 0 amide bonds. The van der Waals surface area contributed by atoms with Gasteiger partial charge in [-0.25, -0.2) is 4.79 Å². The number of carboxylic acids is 1. The van der Waals surface area contributed by atoms with Gasteiger partial charge >= 0.3 is 5.97 Å². The molecule has 0 saturated heterocycles. The molecule has 0 aromatic heterocycles. The van der Waals surface area contributed by atoms with Gasteiger partial charge in [0.1, 0.15) is 0 Å². The van der Waals surface area contributed by atoms with Gasteiger partial charge in [0.15, 0.2) is 6.10 Å². The fourth-order valence-corrected chi connectivity index (χ4v) is 1.43. The number of benzene rings is 1. The SMILES string of the molecule is Cc1ccccc1C(OCCCl)C(=O)O. The molecular formula is C11H13ClO3. The number of hydrogen-bond donors (Lipinski definition) is 1. The summed E-state index contributed by atoms with van der Waals surface area (Å²) < 4.78 is 5.19. The zero-order valence-electron chi connectivity index (χ0n) is 8.44. The number of carbonyl (C=O) groups is 1. The Morgan fingerprint density at radius 1 is 1.53 bits per heavy atom. The van der Waals surface area contributed by atoms with Crippen LogP contribution in [0.1, 0.15) is 17.2 Å². The van der Waals surface area contributed by atoms with Crippen LogP contribution in [0, 0.1) is 6.92 Å². The van der Waals surface area contributed by atoms with Crippen LogP contribution in [0.15, 0.2) is 24.3 Å². The van der Waals surface area contributed by atoms with E-state index in [2.05, 4.69) is 0 Å². The fourth-order valence-electron chi connectivity index (χ4n) is 1.34. The molecule has 1 N–H and O–H groups in total. The normalized spacial score (nSPS) is 12.4. The number of alkyl halides is 1. The van der Waals surface area contributed by atoms with E-state index in [0.29, 0.717) is 5.56 Å². The molecule has 15 heavy (non-hydrogen) atoms. The quantitative estimate of drug-likeness (QED) is 0.788. The Morgan fingerprint density at radius 3 is 2.73 bits per heavy atom. The predicted octanol–water partition coefficient (Wildman–Crippen LogP) is 2.38. The highest BCUT2D eigenvalue weighted by molar-refractivity contribution is 6.17. The highest BCUT2D eigenvalue weighted by Gasteiger charge is 2.21. The topological polar surface area (TPSA) is 46.5 Å².